The zero-order valence-corrected chi connectivity index (χ0v) is 17.1. The number of hydrogen-bond acceptors (Lipinski definition) is 6. The number of aromatic nitrogens is 2. The van der Waals surface area contributed by atoms with E-state index in [1.165, 1.54) is 30.9 Å². The van der Waals surface area contributed by atoms with Gasteiger partial charge in [0, 0.05) is 6.07 Å². The van der Waals surface area contributed by atoms with Crippen molar-refractivity contribution in [2.75, 3.05) is 26.1 Å². The third kappa shape index (κ3) is 4.03. The second-order valence-corrected chi connectivity index (χ2v) is 6.71. The summed E-state index contributed by atoms with van der Waals surface area (Å²) in [6.45, 7) is -0.925. The lowest BCUT2D eigenvalue weighted by molar-refractivity contribution is -0.116. The van der Waals surface area contributed by atoms with Gasteiger partial charge in [0.15, 0.2) is 0 Å². The number of aliphatic hydroxyl groups excluding tert-OH is 1. The summed E-state index contributed by atoms with van der Waals surface area (Å²) in [6.07, 6.45) is 0. The van der Waals surface area contributed by atoms with E-state index >= 15 is 0 Å². The van der Waals surface area contributed by atoms with Crippen molar-refractivity contribution in [3.05, 3.63) is 62.3 Å². The summed E-state index contributed by atoms with van der Waals surface area (Å²) in [5.74, 6) is 0.174. The number of aliphatic hydroxyl groups is 1. The summed E-state index contributed by atoms with van der Waals surface area (Å²) >= 11 is 6.13. The molecule has 1 heterocycles. The number of methoxy groups -OCH3 is 2. The highest BCUT2D eigenvalue weighted by Crippen LogP contribution is 2.35. The van der Waals surface area contributed by atoms with E-state index in [9.17, 15) is 19.5 Å². The molecule has 30 heavy (non-hydrogen) atoms. The fourth-order valence-electron chi connectivity index (χ4n) is 3.11. The molecule has 1 amide bonds. The van der Waals surface area contributed by atoms with Crippen LogP contribution in [0.4, 0.5) is 5.69 Å². The molecule has 0 bridgehead atoms. The number of para-hydroxylation sites is 1. The highest BCUT2D eigenvalue weighted by molar-refractivity contribution is 6.32. The van der Waals surface area contributed by atoms with Gasteiger partial charge in [-0.1, -0.05) is 23.7 Å². The summed E-state index contributed by atoms with van der Waals surface area (Å²) in [4.78, 5) is 38.1. The molecule has 0 spiro atoms. The van der Waals surface area contributed by atoms with Gasteiger partial charge in [0.1, 0.15) is 18.0 Å². The number of carbonyl (C=O) groups excluding carboxylic acids is 1. The van der Waals surface area contributed by atoms with Gasteiger partial charge in [0.05, 0.1) is 49.0 Å². The molecule has 0 saturated heterocycles. The summed E-state index contributed by atoms with van der Waals surface area (Å²) in [5, 5.41) is 12.4. The molecule has 2 aromatic carbocycles. The first kappa shape index (κ1) is 21.4. The van der Waals surface area contributed by atoms with Crippen LogP contribution in [0.2, 0.25) is 5.02 Å². The number of nitrogens with zero attached hydrogens (tertiary/aromatic N) is 2. The van der Waals surface area contributed by atoms with Crippen LogP contribution in [0.25, 0.3) is 10.9 Å². The number of anilines is 1. The third-order valence-electron chi connectivity index (χ3n) is 4.51. The van der Waals surface area contributed by atoms with Crippen molar-refractivity contribution >= 4 is 34.1 Å². The molecule has 9 nitrogen and oxygen atoms in total. The van der Waals surface area contributed by atoms with E-state index in [1.54, 1.807) is 24.3 Å². The van der Waals surface area contributed by atoms with Crippen LogP contribution in [0, 0.1) is 0 Å². The van der Waals surface area contributed by atoms with E-state index in [0.29, 0.717) is 22.7 Å². The molecule has 1 aromatic heterocycles. The molecule has 0 radical (unpaired) electrons. The van der Waals surface area contributed by atoms with Gasteiger partial charge < -0.3 is 19.9 Å². The average Bonchev–Trinajstić information content (AvgIpc) is 2.74. The Morgan fingerprint density at radius 1 is 1.10 bits per heavy atom. The van der Waals surface area contributed by atoms with Crippen LogP contribution in [-0.4, -0.2) is 41.0 Å². The fourth-order valence-corrected chi connectivity index (χ4v) is 3.35. The fraction of sp³-hybridized carbons (Fsp3) is 0.250. The van der Waals surface area contributed by atoms with Crippen molar-refractivity contribution < 1.29 is 19.4 Å². The van der Waals surface area contributed by atoms with E-state index in [4.69, 9.17) is 21.1 Å². The van der Waals surface area contributed by atoms with E-state index in [0.717, 1.165) is 4.57 Å². The Labute approximate surface area is 176 Å². The second-order valence-electron chi connectivity index (χ2n) is 6.30. The molecule has 10 heteroatoms. The molecule has 0 aliphatic rings. The van der Waals surface area contributed by atoms with Crippen LogP contribution in [0.3, 0.4) is 0 Å². The van der Waals surface area contributed by atoms with Gasteiger partial charge >= 0.3 is 5.69 Å². The molecular formula is C20H20ClN3O6. The molecule has 0 aliphatic carbocycles. The normalized spacial score (nSPS) is 10.8. The van der Waals surface area contributed by atoms with E-state index < -0.39 is 17.2 Å². The molecule has 3 rings (SSSR count). The second kappa shape index (κ2) is 9.02. The Bertz CT molecular complexity index is 1220. The summed E-state index contributed by atoms with van der Waals surface area (Å²) in [6, 6.07) is 9.47. The van der Waals surface area contributed by atoms with Crippen molar-refractivity contribution in [2.45, 2.75) is 13.1 Å². The largest absolute Gasteiger partial charge is 0.495 e. The number of benzene rings is 2. The SMILES string of the molecule is COc1cc(OC)c(NC(=O)Cn2c(=O)n(CCO)c(=O)c3ccccc32)cc1Cl. The Morgan fingerprint density at radius 2 is 1.80 bits per heavy atom. The number of halogens is 1. The third-order valence-corrected chi connectivity index (χ3v) is 4.80. The molecular weight excluding hydrogens is 414 g/mol. The molecule has 3 aromatic rings. The van der Waals surface area contributed by atoms with Gasteiger partial charge in [-0.05, 0) is 18.2 Å². The standard InChI is InChI=1S/C20H20ClN3O6/c1-29-16-10-17(30-2)14(9-13(16)21)22-18(26)11-24-15-6-4-3-5-12(15)19(27)23(7-8-25)20(24)28/h3-6,9-10,25H,7-8,11H2,1-2H3,(H,22,26). The quantitative estimate of drug-likeness (QED) is 0.583. The Hall–Kier alpha value is -3.30. The molecule has 0 unspecified atom stereocenters. The van der Waals surface area contributed by atoms with Crippen LogP contribution in [-0.2, 0) is 17.9 Å². The first-order valence-corrected chi connectivity index (χ1v) is 9.33. The number of rotatable bonds is 7. The van der Waals surface area contributed by atoms with Gasteiger partial charge in [-0.15, -0.1) is 0 Å². The number of hydrogen-bond donors (Lipinski definition) is 2. The Kier molecular flexibility index (Phi) is 6.43. The van der Waals surface area contributed by atoms with Gasteiger partial charge in [0.25, 0.3) is 5.56 Å². The van der Waals surface area contributed by atoms with Crippen molar-refractivity contribution in [2.24, 2.45) is 0 Å². The summed E-state index contributed by atoms with van der Waals surface area (Å²) in [7, 11) is 2.89. The predicted octanol–water partition coefficient (Wildman–Crippen LogP) is 1.46. The number of ether oxygens (including phenoxy) is 2. The minimum Gasteiger partial charge on any atom is -0.495 e. The molecule has 0 atom stereocenters. The number of amides is 1. The molecule has 0 fully saturated rings. The zero-order chi connectivity index (χ0) is 21.8. The van der Waals surface area contributed by atoms with Crippen LogP contribution in [0.5, 0.6) is 11.5 Å². The average molecular weight is 434 g/mol. The van der Waals surface area contributed by atoms with Crippen LogP contribution >= 0.6 is 11.6 Å². The van der Waals surface area contributed by atoms with Gasteiger partial charge in [-0.3, -0.25) is 18.7 Å². The van der Waals surface area contributed by atoms with E-state index in [2.05, 4.69) is 5.32 Å². The first-order valence-electron chi connectivity index (χ1n) is 8.95. The molecule has 158 valence electrons. The molecule has 0 saturated carbocycles. The maximum atomic E-state index is 12.8. The lowest BCUT2D eigenvalue weighted by atomic mass is 10.2. The van der Waals surface area contributed by atoms with Crippen LogP contribution in [0.15, 0.2) is 46.0 Å². The number of nitrogens with one attached hydrogen (secondary N) is 1. The van der Waals surface area contributed by atoms with E-state index in [-0.39, 0.29) is 30.1 Å². The van der Waals surface area contributed by atoms with Crippen molar-refractivity contribution in [3.63, 3.8) is 0 Å². The first-order chi connectivity index (χ1) is 14.4. The maximum absolute atomic E-state index is 12.8. The smallest absolute Gasteiger partial charge is 0.332 e. The number of carbonyl (C=O) groups is 1. The Balaban J connectivity index is 2.01. The summed E-state index contributed by atoms with van der Waals surface area (Å²) in [5.41, 5.74) is -0.599. The summed E-state index contributed by atoms with van der Waals surface area (Å²) < 4.78 is 12.5. The van der Waals surface area contributed by atoms with Crippen molar-refractivity contribution in [1.29, 1.82) is 0 Å². The topological polar surface area (TPSA) is 112 Å². The van der Waals surface area contributed by atoms with E-state index in [1.807, 2.05) is 0 Å². The molecule has 0 aliphatic heterocycles. The highest BCUT2D eigenvalue weighted by atomic mass is 35.5. The number of fused-ring (bicyclic) bond motifs is 1. The van der Waals surface area contributed by atoms with Crippen LogP contribution in [0.1, 0.15) is 0 Å². The predicted molar refractivity (Wildman–Crippen MR) is 113 cm³/mol. The zero-order valence-electron chi connectivity index (χ0n) is 16.3. The monoisotopic (exact) mass is 433 g/mol. The van der Waals surface area contributed by atoms with Gasteiger partial charge in [-0.2, -0.15) is 0 Å². The van der Waals surface area contributed by atoms with Crippen molar-refractivity contribution in [3.8, 4) is 11.5 Å². The highest BCUT2D eigenvalue weighted by Gasteiger charge is 2.17. The van der Waals surface area contributed by atoms with Gasteiger partial charge in [-0.25, -0.2) is 4.79 Å². The lowest BCUT2D eigenvalue weighted by Gasteiger charge is -2.15. The van der Waals surface area contributed by atoms with Crippen molar-refractivity contribution in [1.82, 2.24) is 9.13 Å². The minimum absolute atomic E-state index is 0.175. The minimum atomic E-state index is -0.692. The van der Waals surface area contributed by atoms with Crippen LogP contribution < -0.4 is 26.0 Å². The Morgan fingerprint density at radius 3 is 2.47 bits per heavy atom. The lowest BCUT2D eigenvalue weighted by Crippen LogP contribution is -2.42. The maximum Gasteiger partial charge on any atom is 0.332 e. The molecule has 2 N–H and O–H groups in total. The van der Waals surface area contributed by atoms with Gasteiger partial charge in [0.2, 0.25) is 5.91 Å².